The van der Waals surface area contributed by atoms with Crippen molar-refractivity contribution < 1.29 is 44.7 Å². The zero-order valence-electron chi connectivity index (χ0n) is 19.7. The number of hydrogen-bond donors (Lipinski definition) is 7. The fraction of sp³-hybridized carbons (Fsp3) is 0.435. The number of carbonyl (C=O) groups is 4. The number of carboxylic acids is 3. The Labute approximate surface area is 210 Å². The Balaban J connectivity index is 0.000000302. The number of amides is 1. The quantitative estimate of drug-likeness (QED) is 0.244. The highest BCUT2D eigenvalue weighted by Crippen LogP contribution is 2.28. The third-order valence-electron chi connectivity index (χ3n) is 5.49. The van der Waals surface area contributed by atoms with Crippen molar-refractivity contribution in [2.75, 3.05) is 6.54 Å². The van der Waals surface area contributed by atoms with Gasteiger partial charge in [0.05, 0.1) is 47.1 Å². The van der Waals surface area contributed by atoms with Crippen LogP contribution < -0.4 is 10.6 Å². The van der Waals surface area contributed by atoms with Crippen LogP contribution in [-0.2, 0) is 19.2 Å². The van der Waals surface area contributed by atoms with Gasteiger partial charge in [-0.25, -0.2) is 9.78 Å². The number of thiazole rings is 1. The van der Waals surface area contributed by atoms with Gasteiger partial charge in [-0.3, -0.25) is 14.4 Å². The van der Waals surface area contributed by atoms with E-state index < -0.39 is 42.5 Å². The molecular formula is C23H29N3O9S. The number of hydrogen-bond acceptors (Lipinski definition) is 9. The van der Waals surface area contributed by atoms with Crippen molar-refractivity contribution in [3.05, 3.63) is 41.0 Å². The van der Waals surface area contributed by atoms with Crippen LogP contribution in [-0.4, -0.2) is 78.6 Å². The third kappa shape index (κ3) is 8.09. The fourth-order valence-electron chi connectivity index (χ4n) is 3.53. The molecule has 2 heterocycles. The van der Waals surface area contributed by atoms with Crippen LogP contribution in [0.25, 0.3) is 10.4 Å². The van der Waals surface area contributed by atoms with Crippen molar-refractivity contribution >= 4 is 35.2 Å². The number of aliphatic hydroxyl groups excluding tert-OH is 1. The second-order valence-corrected chi connectivity index (χ2v) is 9.30. The maximum absolute atomic E-state index is 12.2. The molecule has 1 amide bonds. The highest BCUT2D eigenvalue weighted by molar-refractivity contribution is 7.13. The van der Waals surface area contributed by atoms with Crippen molar-refractivity contribution in [3.8, 4) is 10.4 Å². The number of carboxylic acid groups (broad SMARTS) is 3. The van der Waals surface area contributed by atoms with Crippen LogP contribution >= 0.6 is 11.3 Å². The summed E-state index contributed by atoms with van der Waals surface area (Å²) in [6.07, 6.45) is -2.24. The Morgan fingerprint density at radius 2 is 1.72 bits per heavy atom. The van der Waals surface area contributed by atoms with Gasteiger partial charge in [-0.15, -0.1) is 11.3 Å². The monoisotopic (exact) mass is 523 g/mol. The van der Waals surface area contributed by atoms with Gasteiger partial charge in [0.1, 0.15) is 0 Å². The van der Waals surface area contributed by atoms with E-state index in [0.29, 0.717) is 13.0 Å². The molecule has 0 aliphatic carbocycles. The summed E-state index contributed by atoms with van der Waals surface area (Å²) in [5.41, 5.74) is 2.35. The molecule has 1 saturated heterocycles. The van der Waals surface area contributed by atoms with Crippen molar-refractivity contribution in [1.29, 1.82) is 0 Å². The molecule has 0 bridgehead atoms. The van der Waals surface area contributed by atoms with Crippen LogP contribution in [0.1, 0.15) is 43.5 Å². The van der Waals surface area contributed by atoms with E-state index in [0.717, 1.165) is 16.8 Å². The number of aliphatic carboxylic acids is 3. The number of nitrogens with one attached hydrogen (secondary N) is 2. The molecule has 1 aromatic heterocycles. The summed E-state index contributed by atoms with van der Waals surface area (Å²) in [7, 11) is 0. The number of carbonyl (C=O) groups excluding carboxylic acids is 1. The minimum atomic E-state index is -2.74. The average molecular weight is 524 g/mol. The molecule has 2 aromatic rings. The normalized spacial score (nSPS) is 18.0. The molecule has 1 aliphatic heterocycles. The molecule has 13 heteroatoms. The molecule has 0 radical (unpaired) electrons. The summed E-state index contributed by atoms with van der Waals surface area (Å²) in [4.78, 5) is 48.1. The zero-order chi connectivity index (χ0) is 27.0. The molecule has 12 nitrogen and oxygen atoms in total. The lowest BCUT2D eigenvalue weighted by molar-refractivity contribution is -0.170. The molecule has 1 aromatic carbocycles. The van der Waals surface area contributed by atoms with Crippen LogP contribution in [0.5, 0.6) is 0 Å². The predicted octanol–water partition coefficient (Wildman–Crippen LogP) is 0.770. The molecule has 0 saturated carbocycles. The molecule has 7 N–H and O–H groups in total. The lowest BCUT2D eigenvalue weighted by atomic mass is 9.96. The molecule has 3 atom stereocenters. The molecule has 1 aliphatic rings. The lowest BCUT2D eigenvalue weighted by Crippen LogP contribution is -2.42. The maximum Gasteiger partial charge on any atom is 0.336 e. The van der Waals surface area contributed by atoms with Gasteiger partial charge in [0, 0.05) is 6.54 Å². The van der Waals surface area contributed by atoms with Crippen molar-refractivity contribution in [1.82, 2.24) is 15.6 Å². The van der Waals surface area contributed by atoms with Crippen LogP contribution in [0, 0.1) is 6.92 Å². The standard InChI is InChI=1S/C17H21N3O2S.C6H8O7/c1-10(20-17(22)15-7-14(21)8-18-15)12-3-5-13(6-4-12)16-11(2)19-9-23-16;7-3(8)1-6(13,5(11)12)2-4(9)10/h3-6,9-10,14-15,18,21H,7-8H2,1-2H3,(H,20,22);13H,1-2H2,(H,7,8)(H,9,10)(H,11,12)/t10-,14?,15?;/m0./s1. The average Bonchev–Trinajstić information content (AvgIpc) is 3.41. The topological polar surface area (TPSA) is 206 Å². The van der Waals surface area contributed by atoms with Gasteiger partial charge in [-0.05, 0) is 31.4 Å². The highest BCUT2D eigenvalue weighted by Gasteiger charge is 2.40. The van der Waals surface area contributed by atoms with E-state index in [-0.39, 0.29) is 18.0 Å². The first kappa shape index (κ1) is 28.8. The Bertz CT molecular complexity index is 1070. The summed E-state index contributed by atoms with van der Waals surface area (Å²) < 4.78 is 0. The van der Waals surface area contributed by atoms with Crippen LogP contribution in [0.4, 0.5) is 0 Å². The summed E-state index contributed by atoms with van der Waals surface area (Å²) in [6.45, 7) is 4.46. The van der Waals surface area contributed by atoms with Gasteiger partial charge in [0.25, 0.3) is 0 Å². The Morgan fingerprint density at radius 1 is 1.14 bits per heavy atom. The first-order chi connectivity index (χ1) is 16.8. The van der Waals surface area contributed by atoms with E-state index in [1.54, 1.807) is 11.3 Å². The molecule has 2 unspecified atom stereocenters. The highest BCUT2D eigenvalue weighted by atomic mass is 32.1. The smallest absolute Gasteiger partial charge is 0.336 e. The van der Waals surface area contributed by atoms with Crippen molar-refractivity contribution in [3.63, 3.8) is 0 Å². The summed E-state index contributed by atoms with van der Waals surface area (Å²) in [5, 5.41) is 49.3. The third-order valence-corrected chi connectivity index (χ3v) is 6.46. The Hall–Kier alpha value is -3.39. The number of rotatable bonds is 9. The minimum Gasteiger partial charge on any atom is -0.481 e. The number of aryl methyl sites for hydroxylation is 1. The molecular weight excluding hydrogens is 494 g/mol. The van der Waals surface area contributed by atoms with Crippen molar-refractivity contribution in [2.45, 2.75) is 56.9 Å². The van der Waals surface area contributed by atoms with Gasteiger partial charge in [-0.1, -0.05) is 24.3 Å². The van der Waals surface area contributed by atoms with Crippen LogP contribution in [0.2, 0.25) is 0 Å². The number of aliphatic hydroxyl groups is 2. The second kappa shape index (κ2) is 12.5. The number of aromatic nitrogens is 1. The first-order valence-corrected chi connectivity index (χ1v) is 11.8. The summed E-state index contributed by atoms with van der Waals surface area (Å²) in [5.74, 6) is -5.08. The second-order valence-electron chi connectivity index (χ2n) is 8.45. The molecule has 0 spiro atoms. The summed E-state index contributed by atoms with van der Waals surface area (Å²) in [6, 6.07) is 7.84. The van der Waals surface area contributed by atoms with Crippen LogP contribution in [0.3, 0.4) is 0 Å². The molecule has 1 fully saturated rings. The minimum absolute atomic E-state index is 0.0589. The van der Waals surface area contributed by atoms with Gasteiger partial charge in [0.2, 0.25) is 5.91 Å². The Kier molecular flexibility index (Phi) is 10.0. The maximum atomic E-state index is 12.2. The van der Waals surface area contributed by atoms with E-state index in [9.17, 15) is 24.3 Å². The number of β-amino-alcohol motifs (C(OH)–C–C–N with tert-alkyl or cyclic N) is 1. The van der Waals surface area contributed by atoms with Gasteiger partial charge < -0.3 is 36.2 Å². The largest absolute Gasteiger partial charge is 0.481 e. The number of benzene rings is 1. The van der Waals surface area contributed by atoms with Crippen molar-refractivity contribution in [2.24, 2.45) is 0 Å². The first-order valence-electron chi connectivity index (χ1n) is 10.9. The SMILES string of the molecule is Cc1ncsc1-c1ccc([C@H](C)NC(=O)C2CC(O)CN2)cc1.O=C(O)CC(O)(CC(=O)O)C(=O)O. The van der Waals surface area contributed by atoms with Gasteiger partial charge >= 0.3 is 17.9 Å². The van der Waals surface area contributed by atoms with E-state index in [4.69, 9.17) is 20.4 Å². The van der Waals surface area contributed by atoms with E-state index in [2.05, 4.69) is 27.8 Å². The van der Waals surface area contributed by atoms with E-state index in [1.807, 2.05) is 31.5 Å². The lowest BCUT2D eigenvalue weighted by Gasteiger charge is -2.18. The Morgan fingerprint density at radius 3 is 2.14 bits per heavy atom. The van der Waals surface area contributed by atoms with Gasteiger partial charge in [-0.2, -0.15) is 0 Å². The van der Waals surface area contributed by atoms with Gasteiger partial charge in [0.15, 0.2) is 5.60 Å². The zero-order valence-corrected chi connectivity index (χ0v) is 20.5. The fourth-order valence-corrected chi connectivity index (χ4v) is 4.34. The van der Waals surface area contributed by atoms with E-state index >= 15 is 0 Å². The predicted molar refractivity (Wildman–Crippen MR) is 128 cm³/mol. The molecule has 3 rings (SSSR count). The summed E-state index contributed by atoms with van der Waals surface area (Å²) >= 11 is 1.63. The molecule has 196 valence electrons. The number of nitrogens with zero attached hydrogens (tertiary/aromatic N) is 1. The van der Waals surface area contributed by atoms with E-state index in [1.165, 1.54) is 4.88 Å². The van der Waals surface area contributed by atoms with Crippen LogP contribution in [0.15, 0.2) is 29.8 Å². The molecule has 36 heavy (non-hydrogen) atoms.